The summed E-state index contributed by atoms with van der Waals surface area (Å²) in [6.45, 7) is 4.10. The third-order valence-corrected chi connectivity index (χ3v) is 3.24. The number of aliphatic carboxylic acids is 1. The highest BCUT2D eigenvalue weighted by Crippen LogP contribution is 2.25. The fraction of sp³-hybridized carbons (Fsp3) is 0.333. The van der Waals surface area contributed by atoms with Crippen LogP contribution in [0.15, 0.2) is 24.3 Å². The van der Waals surface area contributed by atoms with Crippen molar-refractivity contribution in [1.29, 1.82) is 5.26 Å². The van der Waals surface area contributed by atoms with Crippen molar-refractivity contribution in [2.75, 3.05) is 24.7 Å². The van der Waals surface area contributed by atoms with Crippen molar-refractivity contribution in [2.45, 2.75) is 13.0 Å². The summed E-state index contributed by atoms with van der Waals surface area (Å²) in [5.74, 6) is -1.01. The number of benzene rings is 1. The molecule has 1 fully saturated rings. The minimum Gasteiger partial charge on any atom is -0.478 e. The maximum Gasteiger partial charge on any atom is 0.328 e. The average molecular weight is 272 g/mol. The standard InChI is InChI=1S/C15H16N2O3/c1-11-10-20-7-6-17(11)14-4-2-12(3-5-15(18)19)8-13(14)9-16/h2-5,8,11H,6-7,10H2,1H3,(H,18,19)/b5-3+. The Morgan fingerprint density at radius 3 is 3.05 bits per heavy atom. The summed E-state index contributed by atoms with van der Waals surface area (Å²) in [5.41, 5.74) is 2.12. The number of hydrogen-bond donors (Lipinski definition) is 1. The van der Waals surface area contributed by atoms with E-state index in [4.69, 9.17) is 9.84 Å². The van der Waals surface area contributed by atoms with Crippen LogP contribution >= 0.6 is 0 Å². The zero-order valence-corrected chi connectivity index (χ0v) is 11.2. The van der Waals surface area contributed by atoms with Gasteiger partial charge < -0.3 is 14.7 Å². The van der Waals surface area contributed by atoms with Gasteiger partial charge in [0.05, 0.1) is 24.5 Å². The molecular formula is C15H16N2O3. The molecule has 1 heterocycles. The molecular weight excluding hydrogens is 256 g/mol. The van der Waals surface area contributed by atoms with Gasteiger partial charge in [0, 0.05) is 18.7 Å². The lowest BCUT2D eigenvalue weighted by atomic mass is 10.1. The van der Waals surface area contributed by atoms with Gasteiger partial charge in [0.1, 0.15) is 6.07 Å². The Morgan fingerprint density at radius 2 is 2.40 bits per heavy atom. The zero-order valence-electron chi connectivity index (χ0n) is 11.2. The fourth-order valence-corrected chi connectivity index (χ4v) is 2.25. The van der Waals surface area contributed by atoms with Crippen LogP contribution in [-0.4, -0.2) is 36.9 Å². The maximum atomic E-state index is 10.5. The first kappa shape index (κ1) is 14.1. The summed E-state index contributed by atoms with van der Waals surface area (Å²) in [6, 6.07) is 7.78. The number of carboxylic acid groups (broad SMARTS) is 1. The van der Waals surface area contributed by atoms with Crippen molar-refractivity contribution in [1.82, 2.24) is 0 Å². The van der Waals surface area contributed by atoms with Crippen LogP contribution < -0.4 is 4.90 Å². The topological polar surface area (TPSA) is 73.6 Å². The van der Waals surface area contributed by atoms with E-state index in [1.54, 1.807) is 6.07 Å². The Kier molecular flexibility index (Phi) is 4.38. The molecule has 0 saturated carbocycles. The monoisotopic (exact) mass is 272 g/mol. The van der Waals surface area contributed by atoms with Crippen LogP contribution in [0.25, 0.3) is 6.08 Å². The Morgan fingerprint density at radius 1 is 1.60 bits per heavy atom. The van der Waals surface area contributed by atoms with Crippen LogP contribution in [-0.2, 0) is 9.53 Å². The quantitative estimate of drug-likeness (QED) is 0.850. The molecule has 0 bridgehead atoms. The third kappa shape index (κ3) is 3.16. The normalized spacial score (nSPS) is 19.0. The average Bonchev–Trinajstić information content (AvgIpc) is 2.45. The molecule has 1 saturated heterocycles. The molecule has 0 radical (unpaired) electrons. The number of nitriles is 1. The summed E-state index contributed by atoms with van der Waals surface area (Å²) in [7, 11) is 0. The first-order chi connectivity index (χ1) is 9.61. The van der Waals surface area contributed by atoms with Crippen LogP contribution in [0.4, 0.5) is 5.69 Å². The smallest absolute Gasteiger partial charge is 0.328 e. The Labute approximate surface area is 117 Å². The van der Waals surface area contributed by atoms with E-state index in [0.717, 1.165) is 18.3 Å². The molecule has 5 nitrogen and oxygen atoms in total. The molecule has 104 valence electrons. The summed E-state index contributed by atoms with van der Waals surface area (Å²) in [4.78, 5) is 12.7. The minimum atomic E-state index is -1.01. The van der Waals surface area contributed by atoms with Gasteiger partial charge in [0.25, 0.3) is 0 Å². The molecule has 20 heavy (non-hydrogen) atoms. The van der Waals surface area contributed by atoms with Gasteiger partial charge in [-0.25, -0.2) is 4.79 Å². The molecule has 2 rings (SSSR count). The van der Waals surface area contributed by atoms with Gasteiger partial charge >= 0.3 is 5.97 Å². The van der Waals surface area contributed by atoms with E-state index in [1.807, 2.05) is 12.1 Å². The van der Waals surface area contributed by atoms with Crippen molar-refractivity contribution >= 4 is 17.7 Å². The molecule has 0 aliphatic carbocycles. The molecule has 1 N–H and O–H groups in total. The van der Waals surface area contributed by atoms with Crippen LogP contribution in [0.3, 0.4) is 0 Å². The molecule has 1 atom stereocenters. The third-order valence-electron chi connectivity index (χ3n) is 3.24. The molecule has 1 aliphatic rings. The van der Waals surface area contributed by atoms with Gasteiger partial charge in [-0.1, -0.05) is 6.07 Å². The predicted molar refractivity (Wildman–Crippen MR) is 75.5 cm³/mol. The molecule has 5 heteroatoms. The van der Waals surface area contributed by atoms with E-state index >= 15 is 0 Å². The van der Waals surface area contributed by atoms with Gasteiger partial charge in [0.15, 0.2) is 0 Å². The van der Waals surface area contributed by atoms with Gasteiger partial charge in [-0.2, -0.15) is 5.26 Å². The molecule has 1 aromatic carbocycles. The van der Waals surface area contributed by atoms with Crippen LogP contribution in [0, 0.1) is 11.3 Å². The molecule has 0 spiro atoms. The van der Waals surface area contributed by atoms with Crippen molar-refractivity contribution in [3.05, 3.63) is 35.4 Å². The summed E-state index contributed by atoms with van der Waals surface area (Å²) in [5, 5.41) is 17.9. The highest BCUT2D eigenvalue weighted by Gasteiger charge is 2.21. The number of morpholine rings is 1. The molecule has 1 unspecified atom stereocenters. The lowest BCUT2D eigenvalue weighted by molar-refractivity contribution is -0.131. The first-order valence-electron chi connectivity index (χ1n) is 6.41. The summed E-state index contributed by atoms with van der Waals surface area (Å²) in [6.07, 6.45) is 2.54. The van der Waals surface area contributed by atoms with Crippen LogP contribution in [0.5, 0.6) is 0 Å². The van der Waals surface area contributed by atoms with Crippen molar-refractivity contribution in [3.63, 3.8) is 0 Å². The summed E-state index contributed by atoms with van der Waals surface area (Å²) < 4.78 is 5.39. The second-order valence-corrected chi connectivity index (χ2v) is 4.68. The minimum absolute atomic E-state index is 0.219. The highest BCUT2D eigenvalue weighted by atomic mass is 16.5. The number of rotatable bonds is 3. The number of hydrogen-bond acceptors (Lipinski definition) is 4. The van der Waals surface area contributed by atoms with Gasteiger partial charge in [0.2, 0.25) is 0 Å². The second kappa shape index (κ2) is 6.22. The first-order valence-corrected chi connectivity index (χ1v) is 6.41. The van der Waals surface area contributed by atoms with E-state index in [9.17, 15) is 10.1 Å². The number of nitrogens with zero attached hydrogens (tertiary/aromatic N) is 2. The molecule has 1 aromatic rings. The van der Waals surface area contributed by atoms with E-state index < -0.39 is 5.97 Å². The predicted octanol–water partition coefficient (Wildman–Crippen LogP) is 1.88. The van der Waals surface area contributed by atoms with E-state index in [1.165, 1.54) is 6.08 Å². The molecule has 0 amide bonds. The van der Waals surface area contributed by atoms with Gasteiger partial charge in [-0.05, 0) is 30.7 Å². The van der Waals surface area contributed by atoms with E-state index in [2.05, 4.69) is 17.9 Å². The highest BCUT2D eigenvalue weighted by molar-refractivity contribution is 5.85. The number of ether oxygens (including phenoxy) is 1. The van der Waals surface area contributed by atoms with Crippen molar-refractivity contribution in [3.8, 4) is 6.07 Å². The lowest BCUT2D eigenvalue weighted by Gasteiger charge is -2.35. The Bertz CT molecular complexity index is 575. The largest absolute Gasteiger partial charge is 0.478 e. The Hall–Kier alpha value is -2.32. The molecule has 0 aromatic heterocycles. The number of carboxylic acids is 1. The van der Waals surface area contributed by atoms with Gasteiger partial charge in [-0.3, -0.25) is 0 Å². The number of anilines is 1. The SMILES string of the molecule is CC1COCCN1c1ccc(/C=C/C(=O)O)cc1C#N. The lowest BCUT2D eigenvalue weighted by Crippen LogP contribution is -2.44. The van der Waals surface area contributed by atoms with Crippen LogP contribution in [0.2, 0.25) is 0 Å². The summed E-state index contributed by atoms with van der Waals surface area (Å²) >= 11 is 0. The van der Waals surface area contributed by atoms with Crippen LogP contribution in [0.1, 0.15) is 18.1 Å². The Balaban J connectivity index is 2.31. The maximum absolute atomic E-state index is 10.5. The fourth-order valence-electron chi connectivity index (χ4n) is 2.25. The van der Waals surface area contributed by atoms with E-state index in [0.29, 0.717) is 24.3 Å². The molecule has 1 aliphatic heterocycles. The van der Waals surface area contributed by atoms with Crippen molar-refractivity contribution < 1.29 is 14.6 Å². The van der Waals surface area contributed by atoms with Crippen molar-refractivity contribution in [2.24, 2.45) is 0 Å². The number of carbonyl (C=O) groups is 1. The van der Waals surface area contributed by atoms with Gasteiger partial charge in [-0.15, -0.1) is 0 Å². The second-order valence-electron chi connectivity index (χ2n) is 4.68. The van der Waals surface area contributed by atoms with E-state index in [-0.39, 0.29) is 6.04 Å². The zero-order chi connectivity index (χ0) is 14.5.